The molecule has 4 aliphatic rings. The Morgan fingerprint density at radius 2 is 1.83 bits per heavy atom. The number of rotatable bonds is 7. The molecule has 3 fully saturated rings. The number of esters is 1. The Morgan fingerprint density at radius 1 is 1.06 bits per heavy atom. The topological polar surface area (TPSA) is 168 Å². The quantitative estimate of drug-likeness (QED) is 0.174. The van der Waals surface area contributed by atoms with Crippen LogP contribution in [0.2, 0.25) is 0 Å². The first-order valence-corrected chi connectivity index (χ1v) is 11.4. The minimum Gasteiger partial charge on any atom is -0.472 e. The van der Waals surface area contributed by atoms with Crippen LogP contribution in [0.1, 0.15) is 5.56 Å². The van der Waals surface area contributed by atoms with E-state index in [0.717, 1.165) is 5.56 Å². The molecule has 3 aliphatic heterocycles. The van der Waals surface area contributed by atoms with E-state index in [0.29, 0.717) is 0 Å². The van der Waals surface area contributed by atoms with Crippen molar-refractivity contribution >= 4 is 12.0 Å². The van der Waals surface area contributed by atoms with Crippen molar-refractivity contribution in [3.63, 3.8) is 0 Å². The van der Waals surface area contributed by atoms with Crippen LogP contribution in [0.25, 0.3) is 6.08 Å². The number of carbonyl (C=O) groups is 1. The molecule has 2 saturated heterocycles. The van der Waals surface area contributed by atoms with Crippen LogP contribution in [-0.4, -0.2) is 99.5 Å². The molecular formula is C24H28O11. The fraction of sp³-hybridized carbons (Fsp3) is 0.542. The number of fused-ring (bicyclic) bond motifs is 3. The summed E-state index contributed by atoms with van der Waals surface area (Å²) in [5.74, 6) is -1.64. The predicted octanol–water partition coefficient (Wildman–Crippen LogP) is -1.33. The van der Waals surface area contributed by atoms with E-state index in [9.17, 15) is 30.3 Å². The minimum absolute atomic E-state index is 0.390. The van der Waals surface area contributed by atoms with Crippen LogP contribution >= 0.6 is 0 Å². The molecule has 35 heavy (non-hydrogen) atoms. The maximum Gasteiger partial charge on any atom is 0.331 e. The van der Waals surface area contributed by atoms with Gasteiger partial charge in [0, 0.05) is 12.0 Å². The monoisotopic (exact) mass is 492 g/mol. The summed E-state index contributed by atoms with van der Waals surface area (Å²) in [6.45, 7) is -0.999. The summed E-state index contributed by atoms with van der Waals surface area (Å²) in [7, 11) is 0. The fourth-order valence-corrected chi connectivity index (χ4v) is 5.19. The fourth-order valence-electron chi connectivity index (χ4n) is 5.19. The second-order valence-electron chi connectivity index (χ2n) is 9.07. The maximum atomic E-state index is 12.5. The Hall–Kier alpha value is -2.35. The summed E-state index contributed by atoms with van der Waals surface area (Å²) in [4.78, 5) is 12.5. The summed E-state index contributed by atoms with van der Waals surface area (Å²) >= 11 is 0. The van der Waals surface area contributed by atoms with Crippen LogP contribution in [-0.2, 0) is 28.5 Å². The summed E-state index contributed by atoms with van der Waals surface area (Å²) < 4.78 is 28.3. The average Bonchev–Trinajstić information content (AvgIpc) is 3.56. The normalized spacial score (nSPS) is 43.9. The number of aliphatic hydroxyl groups excluding tert-OH is 5. The smallest absolute Gasteiger partial charge is 0.331 e. The van der Waals surface area contributed by atoms with Crippen molar-refractivity contribution in [3.8, 4) is 0 Å². The Kier molecular flexibility index (Phi) is 6.68. The largest absolute Gasteiger partial charge is 0.472 e. The van der Waals surface area contributed by atoms with Gasteiger partial charge in [0.15, 0.2) is 6.29 Å². The van der Waals surface area contributed by atoms with Gasteiger partial charge in [-0.3, -0.25) is 0 Å². The summed E-state index contributed by atoms with van der Waals surface area (Å²) in [6, 6.07) is 9.26. The summed E-state index contributed by atoms with van der Waals surface area (Å²) in [5, 5.41) is 50.0. The molecule has 0 aromatic heterocycles. The van der Waals surface area contributed by atoms with Gasteiger partial charge in [-0.1, -0.05) is 30.3 Å². The molecule has 11 atom stereocenters. The number of carbonyl (C=O) groups excluding carboxylic acids is 1. The molecule has 0 radical (unpaired) electrons. The zero-order valence-corrected chi connectivity index (χ0v) is 18.6. The highest BCUT2D eigenvalue weighted by Crippen LogP contribution is 2.60. The zero-order chi connectivity index (χ0) is 24.7. The second kappa shape index (κ2) is 9.60. The lowest BCUT2D eigenvalue weighted by molar-refractivity contribution is -0.344. The highest BCUT2D eigenvalue weighted by atomic mass is 16.8. The van der Waals surface area contributed by atoms with E-state index in [4.69, 9.17) is 23.7 Å². The molecule has 1 aliphatic carbocycles. The van der Waals surface area contributed by atoms with Gasteiger partial charge < -0.3 is 49.2 Å². The summed E-state index contributed by atoms with van der Waals surface area (Å²) in [6.07, 6.45) is -3.78. The first-order valence-electron chi connectivity index (χ1n) is 11.4. The molecule has 10 unspecified atom stereocenters. The van der Waals surface area contributed by atoms with Crippen molar-refractivity contribution in [1.29, 1.82) is 0 Å². The van der Waals surface area contributed by atoms with Gasteiger partial charge in [0.1, 0.15) is 42.2 Å². The highest BCUT2D eigenvalue weighted by molar-refractivity contribution is 5.87. The molecule has 1 aromatic carbocycles. The van der Waals surface area contributed by atoms with Crippen molar-refractivity contribution in [2.75, 3.05) is 13.2 Å². The molecule has 0 spiro atoms. The number of hydrogen-bond acceptors (Lipinski definition) is 11. The van der Waals surface area contributed by atoms with E-state index in [1.165, 1.54) is 12.3 Å². The molecule has 1 saturated carbocycles. The number of ether oxygens (including phenoxy) is 5. The zero-order valence-electron chi connectivity index (χ0n) is 18.6. The van der Waals surface area contributed by atoms with E-state index in [1.807, 2.05) is 30.3 Å². The Labute approximate surface area is 200 Å². The Morgan fingerprint density at radius 3 is 2.54 bits per heavy atom. The van der Waals surface area contributed by atoms with Gasteiger partial charge in [-0.15, -0.1) is 0 Å². The number of hydrogen-bond donors (Lipinski definition) is 5. The van der Waals surface area contributed by atoms with Crippen LogP contribution in [0.4, 0.5) is 0 Å². The second-order valence-corrected chi connectivity index (χ2v) is 9.07. The first kappa shape index (κ1) is 24.3. The summed E-state index contributed by atoms with van der Waals surface area (Å²) in [5.41, 5.74) is -0.262. The van der Waals surface area contributed by atoms with Crippen LogP contribution in [0, 0.1) is 11.8 Å². The third-order valence-electron chi connectivity index (χ3n) is 7.06. The van der Waals surface area contributed by atoms with Gasteiger partial charge in [0.25, 0.3) is 0 Å². The molecule has 1 aromatic rings. The third kappa shape index (κ3) is 4.28. The molecule has 11 heteroatoms. The molecular weight excluding hydrogens is 464 g/mol. The van der Waals surface area contributed by atoms with Crippen LogP contribution in [0.5, 0.6) is 0 Å². The number of benzene rings is 1. The average molecular weight is 492 g/mol. The number of aliphatic hydroxyl groups is 5. The van der Waals surface area contributed by atoms with Gasteiger partial charge in [0.2, 0.25) is 6.29 Å². The van der Waals surface area contributed by atoms with Crippen LogP contribution in [0.15, 0.2) is 48.7 Å². The molecule has 190 valence electrons. The molecule has 0 bridgehead atoms. The van der Waals surface area contributed by atoms with Gasteiger partial charge in [-0.2, -0.15) is 0 Å². The number of epoxide rings is 1. The third-order valence-corrected chi connectivity index (χ3v) is 7.06. The van der Waals surface area contributed by atoms with Crippen molar-refractivity contribution in [1.82, 2.24) is 0 Å². The lowest BCUT2D eigenvalue weighted by atomic mass is 9.85. The van der Waals surface area contributed by atoms with E-state index in [2.05, 4.69) is 0 Å². The molecule has 3 heterocycles. The van der Waals surface area contributed by atoms with Gasteiger partial charge in [-0.25, -0.2) is 4.79 Å². The van der Waals surface area contributed by atoms with Gasteiger partial charge in [0.05, 0.1) is 25.4 Å². The van der Waals surface area contributed by atoms with E-state index < -0.39 is 85.8 Å². The minimum atomic E-state index is -1.63. The van der Waals surface area contributed by atoms with Crippen molar-refractivity contribution in [3.05, 3.63) is 54.3 Å². The van der Waals surface area contributed by atoms with Crippen molar-refractivity contribution in [2.45, 2.75) is 54.8 Å². The lowest BCUT2D eigenvalue weighted by Crippen LogP contribution is -2.60. The molecule has 0 amide bonds. The lowest BCUT2D eigenvalue weighted by Gasteiger charge is -2.43. The molecule has 11 nitrogen and oxygen atoms in total. The van der Waals surface area contributed by atoms with E-state index in [-0.39, 0.29) is 0 Å². The van der Waals surface area contributed by atoms with Crippen LogP contribution in [0.3, 0.4) is 0 Å². The van der Waals surface area contributed by atoms with E-state index in [1.54, 1.807) is 12.2 Å². The predicted molar refractivity (Wildman–Crippen MR) is 116 cm³/mol. The van der Waals surface area contributed by atoms with Crippen molar-refractivity contribution < 1.29 is 54.0 Å². The molecule has 5 N–H and O–H groups in total. The van der Waals surface area contributed by atoms with Gasteiger partial charge in [-0.05, 0) is 17.7 Å². The Bertz CT molecular complexity index is 965. The standard InChI is InChI=1S/C24H28O11/c25-10-14-17(28)18(29)19(30)23(32-14)34-22-16-13(8-9-31-22)20(21-24(16,11-26)35-21)33-15(27)7-6-12-4-2-1-3-5-12/h1-9,13-14,16-23,25-26,28-30H,10-11H2/t13?,14?,16?,17?,18?,19?,20?,21?,22?,23?,24-/m1/s1. The molecule has 5 rings (SSSR count). The van der Waals surface area contributed by atoms with Crippen molar-refractivity contribution in [2.24, 2.45) is 11.8 Å². The van der Waals surface area contributed by atoms with Crippen LogP contribution < -0.4 is 0 Å². The SMILES string of the molecule is O=C(C=Cc1ccccc1)OC1C2C=COC(OC3OC(CO)C(O)C(O)C3O)C2[C@@]2(CO)OC12. The van der Waals surface area contributed by atoms with E-state index >= 15 is 0 Å². The highest BCUT2D eigenvalue weighted by Gasteiger charge is 2.77. The van der Waals surface area contributed by atoms with Gasteiger partial charge >= 0.3 is 5.97 Å². The first-order chi connectivity index (χ1) is 16.9. The maximum absolute atomic E-state index is 12.5. The Balaban J connectivity index is 1.31.